The fraction of sp³-hybridized carbons (Fsp3) is 0.435. The van der Waals surface area contributed by atoms with E-state index >= 15 is 0 Å². The molecule has 7 heteroatoms. The summed E-state index contributed by atoms with van der Waals surface area (Å²) in [5, 5.41) is 2.94. The summed E-state index contributed by atoms with van der Waals surface area (Å²) in [7, 11) is 3.36. The zero-order valence-corrected chi connectivity index (χ0v) is 18.8. The van der Waals surface area contributed by atoms with Crippen LogP contribution >= 0.6 is 11.9 Å². The summed E-state index contributed by atoms with van der Waals surface area (Å²) in [6, 6.07) is 16.7. The lowest BCUT2D eigenvalue weighted by Gasteiger charge is -2.34. The summed E-state index contributed by atoms with van der Waals surface area (Å²) in [5.41, 5.74) is 2.45. The Hall–Kier alpha value is -2.38. The molecule has 0 saturated carbocycles. The van der Waals surface area contributed by atoms with Gasteiger partial charge in [-0.1, -0.05) is 36.2 Å². The van der Waals surface area contributed by atoms with Crippen LogP contribution in [-0.2, 0) is 13.1 Å². The van der Waals surface area contributed by atoms with E-state index in [1.54, 1.807) is 26.2 Å². The second-order valence-corrected chi connectivity index (χ2v) is 8.57. The Bertz CT molecular complexity index is 749. The molecule has 1 atom stereocenters. The number of rotatable bonds is 10. The number of carbonyl (C=O) groups excluding carboxylic acids is 1. The monoisotopic (exact) mass is 429 g/mol. The molecule has 1 heterocycles. The van der Waals surface area contributed by atoms with E-state index in [1.807, 2.05) is 29.2 Å². The van der Waals surface area contributed by atoms with Gasteiger partial charge in [0.05, 0.1) is 14.2 Å². The largest absolute Gasteiger partial charge is 0.497 e. The molecule has 2 aromatic rings. The van der Waals surface area contributed by atoms with Crippen LogP contribution in [0.1, 0.15) is 24.5 Å². The van der Waals surface area contributed by atoms with Crippen LogP contribution in [0.15, 0.2) is 48.5 Å². The molecule has 30 heavy (non-hydrogen) atoms. The summed E-state index contributed by atoms with van der Waals surface area (Å²) in [6.45, 7) is 5.24. The average molecular weight is 430 g/mol. The molecule has 1 aliphatic rings. The second kappa shape index (κ2) is 11.1. The van der Waals surface area contributed by atoms with Crippen LogP contribution in [0.4, 0.5) is 4.79 Å². The van der Waals surface area contributed by atoms with Gasteiger partial charge in [0.1, 0.15) is 11.5 Å². The highest BCUT2D eigenvalue weighted by Crippen LogP contribution is 2.22. The lowest BCUT2D eigenvalue weighted by atomic mass is 10.2. The maximum atomic E-state index is 12.2. The Kier molecular flexibility index (Phi) is 8.28. The van der Waals surface area contributed by atoms with Crippen molar-refractivity contribution in [2.24, 2.45) is 0 Å². The zero-order chi connectivity index (χ0) is 21.3. The molecule has 6 nitrogen and oxygen atoms in total. The summed E-state index contributed by atoms with van der Waals surface area (Å²) in [6.07, 6.45) is 0.998. The van der Waals surface area contributed by atoms with E-state index in [1.165, 1.54) is 11.1 Å². The normalized spacial score (nSPS) is 16.5. The van der Waals surface area contributed by atoms with Gasteiger partial charge in [-0.05, 0) is 48.7 Å². The maximum absolute atomic E-state index is 12.2. The maximum Gasteiger partial charge on any atom is 0.317 e. The lowest BCUT2D eigenvalue weighted by Crippen LogP contribution is -2.52. The first-order valence-electron chi connectivity index (χ1n) is 10.3. The Morgan fingerprint density at radius 3 is 2.00 bits per heavy atom. The summed E-state index contributed by atoms with van der Waals surface area (Å²) in [4.78, 5) is 14.1. The zero-order valence-electron chi connectivity index (χ0n) is 18.0. The van der Waals surface area contributed by atoms with Gasteiger partial charge in [0, 0.05) is 38.0 Å². The number of hydrogen-bond donors (Lipinski definition) is 1. The minimum Gasteiger partial charge on any atom is -0.497 e. The molecule has 1 N–H and O–H groups in total. The minimum absolute atomic E-state index is 0.0474. The smallest absolute Gasteiger partial charge is 0.317 e. The Balaban J connectivity index is 1.63. The van der Waals surface area contributed by atoms with Crippen molar-refractivity contribution in [2.45, 2.75) is 32.5 Å². The molecule has 1 aliphatic heterocycles. The highest BCUT2D eigenvalue weighted by atomic mass is 32.2. The van der Waals surface area contributed by atoms with Crippen LogP contribution in [0.5, 0.6) is 11.5 Å². The number of urea groups is 1. The van der Waals surface area contributed by atoms with Gasteiger partial charge in [-0.3, -0.25) is 0 Å². The molecule has 1 unspecified atom stereocenters. The molecule has 3 rings (SSSR count). The van der Waals surface area contributed by atoms with E-state index in [0.29, 0.717) is 0 Å². The van der Waals surface area contributed by atoms with Crippen molar-refractivity contribution >= 4 is 18.0 Å². The van der Waals surface area contributed by atoms with Gasteiger partial charge in [-0.25, -0.2) is 9.10 Å². The average Bonchev–Trinajstić information content (AvgIpc) is 2.77. The van der Waals surface area contributed by atoms with Crippen molar-refractivity contribution in [2.75, 3.05) is 33.1 Å². The molecule has 1 fully saturated rings. The minimum atomic E-state index is 0.0474. The lowest BCUT2D eigenvalue weighted by molar-refractivity contribution is 0.165. The van der Waals surface area contributed by atoms with Crippen LogP contribution in [0.3, 0.4) is 0 Å². The molecule has 2 aromatic carbocycles. The third kappa shape index (κ3) is 6.31. The summed E-state index contributed by atoms with van der Waals surface area (Å²) in [5.74, 6) is 2.57. The van der Waals surface area contributed by atoms with Crippen LogP contribution in [-0.4, -0.2) is 54.3 Å². The van der Waals surface area contributed by atoms with Crippen molar-refractivity contribution in [3.8, 4) is 11.5 Å². The van der Waals surface area contributed by atoms with Crippen molar-refractivity contribution < 1.29 is 14.3 Å². The molecule has 0 spiro atoms. The van der Waals surface area contributed by atoms with Gasteiger partial charge in [0.25, 0.3) is 0 Å². The van der Waals surface area contributed by atoms with Crippen molar-refractivity contribution in [3.05, 3.63) is 59.7 Å². The molecule has 0 aliphatic carbocycles. The van der Waals surface area contributed by atoms with Crippen molar-refractivity contribution in [1.29, 1.82) is 0 Å². The number of carbonyl (C=O) groups is 1. The van der Waals surface area contributed by atoms with Crippen LogP contribution < -0.4 is 14.8 Å². The third-order valence-electron chi connectivity index (χ3n) is 5.27. The Morgan fingerprint density at radius 2 is 1.53 bits per heavy atom. The van der Waals surface area contributed by atoms with Gasteiger partial charge in [0.2, 0.25) is 0 Å². The fourth-order valence-corrected chi connectivity index (χ4v) is 4.47. The first-order chi connectivity index (χ1) is 14.6. The summed E-state index contributed by atoms with van der Waals surface area (Å²) >= 11 is 1.78. The molecule has 2 amide bonds. The van der Waals surface area contributed by atoms with Crippen LogP contribution in [0.2, 0.25) is 0 Å². The van der Waals surface area contributed by atoms with Gasteiger partial charge >= 0.3 is 6.03 Å². The van der Waals surface area contributed by atoms with Crippen molar-refractivity contribution in [3.63, 3.8) is 0 Å². The Morgan fingerprint density at radius 1 is 1.00 bits per heavy atom. The molecule has 0 aromatic heterocycles. The summed E-state index contributed by atoms with van der Waals surface area (Å²) < 4.78 is 12.9. The third-order valence-corrected chi connectivity index (χ3v) is 6.26. The molecular weight excluding hydrogens is 398 g/mol. The quantitative estimate of drug-likeness (QED) is 0.575. The van der Waals surface area contributed by atoms with Crippen LogP contribution in [0, 0.1) is 0 Å². The number of hydrogen-bond acceptors (Lipinski definition) is 5. The number of benzene rings is 2. The van der Waals surface area contributed by atoms with E-state index in [9.17, 15) is 4.79 Å². The van der Waals surface area contributed by atoms with E-state index in [-0.39, 0.29) is 12.1 Å². The molecular formula is C23H31N3O3S. The first kappa shape index (κ1) is 22.3. The number of amides is 2. The molecule has 1 saturated heterocycles. The van der Waals surface area contributed by atoms with E-state index in [4.69, 9.17) is 9.47 Å². The fourth-order valence-electron chi connectivity index (χ4n) is 3.45. The first-order valence-corrected chi connectivity index (χ1v) is 11.2. The molecule has 162 valence electrons. The number of nitrogens with zero attached hydrogens (tertiary/aromatic N) is 2. The van der Waals surface area contributed by atoms with E-state index < -0.39 is 0 Å². The van der Waals surface area contributed by atoms with Gasteiger partial charge in [0.15, 0.2) is 0 Å². The highest BCUT2D eigenvalue weighted by molar-refractivity contribution is 7.97. The van der Waals surface area contributed by atoms with E-state index in [0.717, 1.165) is 49.9 Å². The van der Waals surface area contributed by atoms with Gasteiger partial charge in [-0.15, -0.1) is 0 Å². The van der Waals surface area contributed by atoms with Crippen LogP contribution in [0.25, 0.3) is 0 Å². The SMILES string of the molecule is COc1ccc(CN(Cc2ccc(OC)cc2)SCCN2C(=O)NCCC2C)cc1. The highest BCUT2D eigenvalue weighted by Gasteiger charge is 2.24. The Labute approximate surface area is 183 Å². The van der Waals surface area contributed by atoms with Gasteiger partial charge in [-0.2, -0.15) is 0 Å². The second-order valence-electron chi connectivity index (χ2n) is 7.39. The van der Waals surface area contributed by atoms with Crippen molar-refractivity contribution in [1.82, 2.24) is 14.5 Å². The number of methoxy groups -OCH3 is 2. The van der Waals surface area contributed by atoms with E-state index in [2.05, 4.69) is 40.8 Å². The standard InChI is InChI=1S/C23H31N3O3S/c1-18-12-13-24-23(27)26(18)14-15-30-25(16-19-4-8-21(28-2)9-5-19)17-20-6-10-22(29-3)11-7-20/h4-11,18H,12-17H2,1-3H3,(H,24,27). The predicted octanol–water partition coefficient (Wildman–Crippen LogP) is 4.16. The number of ether oxygens (including phenoxy) is 2. The van der Waals surface area contributed by atoms with Gasteiger partial charge < -0.3 is 19.7 Å². The molecule has 0 radical (unpaired) electrons. The number of nitrogens with one attached hydrogen (secondary N) is 1. The predicted molar refractivity (Wildman–Crippen MR) is 122 cm³/mol. The topological polar surface area (TPSA) is 54.0 Å². The molecule has 0 bridgehead atoms.